The van der Waals surface area contributed by atoms with E-state index in [0.29, 0.717) is 22.9 Å². The lowest BCUT2D eigenvalue weighted by atomic mass is 10.1. The van der Waals surface area contributed by atoms with Crippen LogP contribution in [0, 0.1) is 0 Å². The van der Waals surface area contributed by atoms with Crippen LogP contribution in [0.4, 0.5) is 0 Å². The predicted octanol–water partition coefficient (Wildman–Crippen LogP) is 5.27. The topological polar surface area (TPSA) is 47.9 Å². The Kier molecular flexibility index (Phi) is 5.13. The molecule has 0 unspecified atom stereocenters. The molecule has 0 amide bonds. The van der Waals surface area contributed by atoms with Crippen LogP contribution in [0.15, 0.2) is 40.0 Å². The number of carbonyl (C=O) groups is 1. The monoisotopic (exact) mass is 427 g/mol. The number of nitrogens with zero attached hydrogens (tertiary/aromatic N) is 1. The summed E-state index contributed by atoms with van der Waals surface area (Å²) >= 11 is 15.4. The summed E-state index contributed by atoms with van der Waals surface area (Å²) in [6, 6.07) is 8.34. The zero-order valence-corrected chi connectivity index (χ0v) is 15.7. The van der Waals surface area contributed by atoms with E-state index in [1.807, 2.05) is 12.1 Å². The Labute approximate surface area is 157 Å². The lowest BCUT2D eigenvalue weighted by molar-refractivity contribution is 0.0516. The highest BCUT2D eigenvalue weighted by atomic mass is 79.9. The predicted molar refractivity (Wildman–Crippen MR) is 97.4 cm³/mol. The van der Waals surface area contributed by atoms with Crippen molar-refractivity contribution in [3.8, 4) is 5.75 Å². The van der Waals surface area contributed by atoms with Crippen molar-refractivity contribution in [3.05, 3.63) is 61.5 Å². The number of carbonyl (C=O) groups excluding carboxylic acids is 1. The van der Waals surface area contributed by atoms with Gasteiger partial charge in [-0.3, -0.25) is 0 Å². The quantitative estimate of drug-likeness (QED) is 0.494. The SMILES string of the molecule is COc1ccc(Br)c2c1/C(=N\OC(=O)c1ccc(Cl)cc1Cl)CC2. The Morgan fingerprint density at radius 1 is 1.21 bits per heavy atom. The van der Waals surface area contributed by atoms with Gasteiger partial charge in [0, 0.05) is 15.1 Å². The Bertz CT molecular complexity index is 852. The summed E-state index contributed by atoms with van der Waals surface area (Å²) < 4.78 is 6.37. The molecule has 4 nitrogen and oxygen atoms in total. The van der Waals surface area contributed by atoms with E-state index in [1.165, 1.54) is 12.1 Å². The van der Waals surface area contributed by atoms with E-state index >= 15 is 0 Å². The van der Waals surface area contributed by atoms with Gasteiger partial charge in [-0.25, -0.2) is 4.79 Å². The van der Waals surface area contributed by atoms with Crippen molar-refractivity contribution in [2.45, 2.75) is 12.8 Å². The first-order chi connectivity index (χ1) is 11.5. The summed E-state index contributed by atoms with van der Waals surface area (Å²) in [6.07, 6.45) is 1.46. The van der Waals surface area contributed by atoms with Gasteiger partial charge in [-0.1, -0.05) is 44.3 Å². The van der Waals surface area contributed by atoms with E-state index in [2.05, 4.69) is 21.1 Å². The van der Waals surface area contributed by atoms with Gasteiger partial charge in [-0.15, -0.1) is 0 Å². The average molecular weight is 429 g/mol. The number of ether oxygens (including phenoxy) is 1. The molecule has 2 aromatic rings. The number of hydrogen-bond donors (Lipinski definition) is 0. The summed E-state index contributed by atoms with van der Waals surface area (Å²) in [4.78, 5) is 17.2. The molecule has 0 N–H and O–H groups in total. The minimum absolute atomic E-state index is 0.213. The van der Waals surface area contributed by atoms with Crippen molar-refractivity contribution < 1.29 is 14.4 Å². The van der Waals surface area contributed by atoms with E-state index in [-0.39, 0.29) is 10.6 Å². The highest BCUT2D eigenvalue weighted by Crippen LogP contribution is 2.36. The van der Waals surface area contributed by atoms with Crippen LogP contribution in [0.1, 0.15) is 27.9 Å². The minimum Gasteiger partial charge on any atom is -0.496 e. The lowest BCUT2D eigenvalue weighted by Crippen LogP contribution is -2.06. The van der Waals surface area contributed by atoms with Gasteiger partial charge < -0.3 is 9.57 Å². The number of benzene rings is 2. The van der Waals surface area contributed by atoms with Gasteiger partial charge in [-0.05, 0) is 48.7 Å². The molecule has 0 spiro atoms. The van der Waals surface area contributed by atoms with E-state index in [4.69, 9.17) is 32.8 Å². The molecule has 3 rings (SSSR count). The molecule has 0 saturated heterocycles. The van der Waals surface area contributed by atoms with Gasteiger partial charge in [0.05, 0.1) is 23.4 Å². The lowest BCUT2D eigenvalue weighted by Gasteiger charge is -2.09. The second-order valence-electron chi connectivity index (χ2n) is 5.14. The molecule has 1 aliphatic rings. The summed E-state index contributed by atoms with van der Waals surface area (Å²) in [5.41, 5.74) is 2.84. The molecule has 1 aliphatic carbocycles. The minimum atomic E-state index is -0.633. The number of methoxy groups -OCH3 is 1. The molecule has 24 heavy (non-hydrogen) atoms. The summed E-state index contributed by atoms with van der Waals surface area (Å²) in [5.74, 6) is 0.0663. The van der Waals surface area contributed by atoms with Gasteiger partial charge in [-0.2, -0.15) is 0 Å². The van der Waals surface area contributed by atoms with Gasteiger partial charge in [0.2, 0.25) is 0 Å². The number of fused-ring (bicyclic) bond motifs is 1. The van der Waals surface area contributed by atoms with Gasteiger partial charge in [0.15, 0.2) is 0 Å². The van der Waals surface area contributed by atoms with Crippen LogP contribution in [-0.2, 0) is 11.3 Å². The number of halogens is 3. The Morgan fingerprint density at radius 2 is 2.00 bits per heavy atom. The number of hydrogen-bond acceptors (Lipinski definition) is 4. The molecule has 0 saturated carbocycles. The molecule has 0 heterocycles. The Hall–Kier alpha value is -1.56. The molecule has 124 valence electrons. The van der Waals surface area contributed by atoms with Crippen molar-refractivity contribution in [1.82, 2.24) is 0 Å². The molecular formula is C17H12BrCl2NO3. The maximum absolute atomic E-state index is 12.2. The third-order valence-corrected chi connectivity index (χ3v) is 5.02. The smallest absolute Gasteiger partial charge is 0.367 e. The van der Waals surface area contributed by atoms with Crippen LogP contribution in [0.5, 0.6) is 5.75 Å². The molecule has 2 aromatic carbocycles. The van der Waals surface area contributed by atoms with E-state index in [1.54, 1.807) is 13.2 Å². The van der Waals surface area contributed by atoms with Crippen LogP contribution < -0.4 is 4.74 Å². The molecule has 0 fully saturated rings. The molecule has 0 aromatic heterocycles. The van der Waals surface area contributed by atoms with Gasteiger partial charge in [0.1, 0.15) is 5.75 Å². The van der Waals surface area contributed by atoms with Crippen LogP contribution in [0.25, 0.3) is 0 Å². The molecule has 0 bridgehead atoms. The largest absolute Gasteiger partial charge is 0.496 e. The van der Waals surface area contributed by atoms with Crippen LogP contribution in [-0.4, -0.2) is 18.8 Å². The molecule has 0 atom stereocenters. The van der Waals surface area contributed by atoms with E-state index < -0.39 is 5.97 Å². The maximum atomic E-state index is 12.2. The number of oxime groups is 1. The van der Waals surface area contributed by atoms with Crippen LogP contribution >= 0.6 is 39.1 Å². The summed E-state index contributed by atoms with van der Waals surface area (Å²) in [7, 11) is 1.60. The Morgan fingerprint density at radius 3 is 2.71 bits per heavy atom. The highest BCUT2D eigenvalue weighted by molar-refractivity contribution is 9.10. The third-order valence-electron chi connectivity index (χ3n) is 3.73. The second kappa shape index (κ2) is 7.13. The molecular weight excluding hydrogens is 417 g/mol. The first-order valence-electron chi connectivity index (χ1n) is 7.10. The fourth-order valence-electron chi connectivity index (χ4n) is 2.59. The van der Waals surface area contributed by atoms with Crippen LogP contribution in [0.2, 0.25) is 10.0 Å². The highest BCUT2D eigenvalue weighted by Gasteiger charge is 2.25. The maximum Gasteiger partial charge on any atom is 0.367 e. The average Bonchev–Trinajstić information content (AvgIpc) is 2.98. The normalized spacial score (nSPS) is 14.6. The zero-order valence-electron chi connectivity index (χ0n) is 12.6. The van der Waals surface area contributed by atoms with Gasteiger partial charge in [0.25, 0.3) is 0 Å². The van der Waals surface area contributed by atoms with Crippen molar-refractivity contribution >= 4 is 50.8 Å². The van der Waals surface area contributed by atoms with Crippen molar-refractivity contribution in [2.75, 3.05) is 7.11 Å². The van der Waals surface area contributed by atoms with Gasteiger partial charge >= 0.3 is 5.97 Å². The summed E-state index contributed by atoms with van der Waals surface area (Å²) in [6.45, 7) is 0. The van der Waals surface area contributed by atoms with Crippen molar-refractivity contribution in [2.24, 2.45) is 5.16 Å². The van der Waals surface area contributed by atoms with E-state index in [0.717, 1.165) is 22.0 Å². The fraction of sp³-hybridized carbons (Fsp3) is 0.176. The van der Waals surface area contributed by atoms with Crippen LogP contribution in [0.3, 0.4) is 0 Å². The van der Waals surface area contributed by atoms with Crippen molar-refractivity contribution in [1.29, 1.82) is 0 Å². The Balaban J connectivity index is 1.88. The third kappa shape index (κ3) is 3.29. The number of rotatable bonds is 3. The second-order valence-corrected chi connectivity index (χ2v) is 6.84. The fourth-order valence-corrected chi connectivity index (χ4v) is 3.61. The first-order valence-corrected chi connectivity index (χ1v) is 8.65. The molecule has 7 heteroatoms. The standard InChI is InChI=1S/C17H12BrCl2NO3/c1-23-15-7-5-12(18)10-4-6-14(16(10)15)21-24-17(22)11-3-2-9(19)8-13(11)20/h2-3,5,7-8H,4,6H2,1H3/b21-14-. The first kappa shape index (κ1) is 17.3. The zero-order chi connectivity index (χ0) is 17.3. The molecule has 0 radical (unpaired) electrons. The summed E-state index contributed by atoms with van der Waals surface area (Å²) in [5, 5.41) is 4.70. The van der Waals surface area contributed by atoms with E-state index in [9.17, 15) is 4.79 Å². The van der Waals surface area contributed by atoms with Crippen molar-refractivity contribution in [3.63, 3.8) is 0 Å². The molecule has 0 aliphatic heterocycles.